The first kappa shape index (κ1) is 14.8. The van der Waals surface area contributed by atoms with Gasteiger partial charge in [0.25, 0.3) is 0 Å². The fourth-order valence-corrected chi connectivity index (χ4v) is 2.43. The molecule has 0 spiro atoms. The van der Waals surface area contributed by atoms with E-state index in [0.717, 1.165) is 12.8 Å². The summed E-state index contributed by atoms with van der Waals surface area (Å²) in [5.74, 6) is -0.141. The maximum absolute atomic E-state index is 13.1. The molecule has 1 unspecified atom stereocenters. The van der Waals surface area contributed by atoms with Crippen LogP contribution in [0.1, 0.15) is 26.7 Å². The van der Waals surface area contributed by atoms with E-state index in [-0.39, 0.29) is 23.5 Å². The van der Waals surface area contributed by atoms with Crippen LogP contribution in [0, 0.1) is 5.82 Å². The Kier molecular flexibility index (Phi) is 5.98. The highest BCUT2D eigenvalue weighted by Gasteiger charge is 2.07. The highest BCUT2D eigenvalue weighted by atomic mass is 32.2. The molecule has 0 radical (unpaired) electrons. The monoisotopic (exact) mass is 270 g/mol. The minimum atomic E-state index is -0.378. The van der Waals surface area contributed by atoms with Crippen LogP contribution in [0.2, 0.25) is 0 Å². The second kappa shape index (κ2) is 7.26. The Bertz CT molecular complexity index is 392. The van der Waals surface area contributed by atoms with Gasteiger partial charge in [-0.15, -0.1) is 11.8 Å². The number of nitrogens with one attached hydrogen (secondary N) is 1. The Morgan fingerprint density at radius 1 is 1.50 bits per heavy atom. The quantitative estimate of drug-likeness (QED) is 0.617. The summed E-state index contributed by atoms with van der Waals surface area (Å²) in [5, 5.41) is 2.90. The lowest BCUT2D eigenvalue weighted by atomic mass is 10.2. The molecule has 0 saturated heterocycles. The molecule has 0 aromatic heterocycles. The first-order chi connectivity index (χ1) is 8.51. The third-order valence-electron chi connectivity index (χ3n) is 2.39. The standard InChI is InChI=1S/C13H19FN2OS/c1-3-4-9(2)16-13(17)8-18-12-6-10(14)5-11(15)7-12/h5-7,9H,3-4,8,15H2,1-2H3,(H,16,17). The predicted molar refractivity (Wildman–Crippen MR) is 74.0 cm³/mol. The summed E-state index contributed by atoms with van der Waals surface area (Å²) in [7, 11) is 0. The van der Waals surface area contributed by atoms with E-state index in [9.17, 15) is 9.18 Å². The number of thioether (sulfide) groups is 1. The van der Waals surface area contributed by atoms with E-state index >= 15 is 0 Å². The van der Waals surface area contributed by atoms with Crippen molar-refractivity contribution in [1.29, 1.82) is 0 Å². The minimum Gasteiger partial charge on any atom is -0.399 e. The lowest BCUT2D eigenvalue weighted by Gasteiger charge is -2.12. The van der Waals surface area contributed by atoms with Gasteiger partial charge in [-0.1, -0.05) is 13.3 Å². The van der Waals surface area contributed by atoms with Gasteiger partial charge in [0.05, 0.1) is 5.75 Å². The third-order valence-corrected chi connectivity index (χ3v) is 3.37. The van der Waals surface area contributed by atoms with Crippen molar-refractivity contribution < 1.29 is 9.18 Å². The molecular weight excluding hydrogens is 251 g/mol. The summed E-state index contributed by atoms with van der Waals surface area (Å²) in [6.07, 6.45) is 2.00. The number of nitrogen functional groups attached to an aromatic ring is 1. The Morgan fingerprint density at radius 2 is 2.22 bits per heavy atom. The van der Waals surface area contributed by atoms with E-state index in [1.807, 2.05) is 6.92 Å². The number of benzene rings is 1. The molecule has 1 aromatic rings. The van der Waals surface area contributed by atoms with Gasteiger partial charge in [0.15, 0.2) is 0 Å². The molecule has 1 aromatic carbocycles. The lowest BCUT2D eigenvalue weighted by molar-refractivity contribution is -0.119. The Morgan fingerprint density at radius 3 is 2.83 bits per heavy atom. The van der Waals surface area contributed by atoms with Gasteiger partial charge >= 0.3 is 0 Å². The highest BCUT2D eigenvalue weighted by Crippen LogP contribution is 2.21. The molecular formula is C13H19FN2OS. The molecule has 0 aliphatic carbocycles. The second-order valence-electron chi connectivity index (χ2n) is 4.27. The summed E-state index contributed by atoms with van der Waals surface area (Å²) in [6, 6.07) is 4.48. The van der Waals surface area contributed by atoms with Crippen LogP contribution in [0.25, 0.3) is 0 Å². The molecule has 0 aliphatic rings. The van der Waals surface area contributed by atoms with Crippen molar-refractivity contribution in [3.05, 3.63) is 24.0 Å². The highest BCUT2D eigenvalue weighted by molar-refractivity contribution is 8.00. The van der Waals surface area contributed by atoms with Crippen LogP contribution in [0.4, 0.5) is 10.1 Å². The SMILES string of the molecule is CCCC(C)NC(=O)CSc1cc(N)cc(F)c1. The van der Waals surface area contributed by atoms with Gasteiger partial charge in [-0.25, -0.2) is 4.39 Å². The van der Waals surface area contributed by atoms with Gasteiger partial charge in [0, 0.05) is 16.6 Å². The van der Waals surface area contributed by atoms with Gasteiger partial charge in [-0.2, -0.15) is 0 Å². The number of hydrogen-bond donors (Lipinski definition) is 2. The second-order valence-corrected chi connectivity index (χ2v) is 5.31. The molecule has 0 heterocycles. The summed E-state index contributed by atoms with van der Waals surface area (Å²) >= 11 is 1.28. The Balaban J connectivity index is 2.42. The first-order valence-electron chi connectivity index (χ1n) is 5.99. The van der Waals surface area contributed by atoms with Crippen LogP contribution in [0.15, 0.2) is 23.1 Å². The number of carbonyl (C=O) groups is 1. The van der Waals surface area contributed by atoms with Crippen molar-refractivity contribution in [2.24, 2.45) is 0 Å². The molecule has 1 atom stereocenters. The van der Waals surface area contributed by atoms with E-state index in [1.165, 1.54) is 23.9 Å². The van der Waals surface area contributed by atoms with Gasteiger partial charge in [-0.05, 0) is 31.5 Å². The molecule has 3 nitrogen and oxygen atoms in total. The van der Waals surface area contributed by atoms with Gasteiger partial charge in [-0.3, -0.25) is 4.79 Å². The topological polar surface area (TPSA) is 55.1 Å². The zero-order valence-electron chi connectivity index (χ0n) is 10.7. The van der Waals surface area contributed by atoms with Crippen LogP contribution < -0.4 is 11.1 Å². The van der Waals surface area contributed by atoms with Crippen molar-refractivity contribution >= 4 is 23.4 Å². The number of nitrogens with two attached hydrogens (primary N) is 1. The normalized spacial score (nSPS) is 12.2. The summed E-state index contributed by atoms with van der Waals surface area (Å²) in [5.41, 5.74) is 5.90. The van der Waals surface area contributed by atoms with Gasteiger partial charge in [0.1, 0.15) is 5.82 Å². The zero-order chi connectivity index (χ0) is 13.5. The number of hydrogen-bond acceptors (Lipinski definition) is 3. The Hall–Kier alpha value is -1.23. The fraction of sp³-hybridized carbons (Fsp3) is 0.462. The molecule has 0 saturated carbocycles. The largest absolute Gasteiger partial charge is 0.399 e. The molecule has 0 bridgehead atoms. The van der Waals surface area contributed by atoms with Crippen molar-refractivity contribution in [2.75, 3.05) is 11.5 Å². The third kappa shape index (κ3) is 5.40. The van der Waals surface area contributed by atoms with E-state index in [4.69, 9.17) is 5.73 Å². The smallest absolute Gasteiger partial charge is 0.230 e. The minimum absolute atomic E-state index is 0.0382. The number of carbonyl (C=O) groups excluding carboxylic acids is 1. The molecule has 100 valence electrons. The summed E-state index contributed by atoms with van der Waals surface area (Å²) < 4.78 is 13.1. The van der Waals surface area contributed by atoms with Gasteiger partial charge < -0.3 is 11.1 Å². The van der Waals surface area contributed by atoms with E-state index < -0.39 is 0 Å². The maximum Gasteiger partial charge on any atom is 0.230 e. The van der Waals surface area contributed by atoms with Crippen LogP contribution in [-0.2, 0) is 4.79 Å². The fourth-order valence-electron chi connectivity index (χ4n) is 1.64. The lowest BCUT2D eigenvalue weighted by Crippen LogP contribution is -2.33. The molecule has 1 amide bonds. The average molecular weight is 270 g/mol. The van der Waals surface area contributed by atoms with Crippen molar-refractivity contribution in [1.82, 2.24) is 5.32 Å². The van der Waals surface area contributed by atoms with Crippen LogP contribution in [0.5, 0.6) is 0 Å². The molecule has 3 N–H and O–H groups in total. The number of anilines is 1. The van der Waals surface area contributed by atoms with Crippen LogP contribution >= 0.6 is 11.8 Å². The van der Waals surface area contributed by atoms with Crippen molar-refractivity contribution in [2.45, 2.75) is 37.6 Å². The zero-order valence-corrected chi connectivity index (χ0v) is 11.5. The van der Waals surface area contributed by atoms with E-state index in [0.29, 0.717) is 10.6 Å². The van der Waals surface area contributed by atoms with Gasteiger partial charge in [0.2, 0.25) is 5.91 Å². The molecule has 0 fully saturated rings. The molecule has 0 aliphatic heterocycles. The summed E-state index contributed by atoms with van der Waals surface area (Å²) in [6.45, 7) is 4.05. The summed E-state index contributed by atoms with van der Waals surface area (Å²) in [4.78, 5) is 12.3. The van der Waals surface area contributed by atoms with Crippen molar-refractivity contribution in [3.8, 4) is 0 Å². The van der Waals surface area contributed by atoms with Crippen LogP contribution in [0.3, 0.4) is 0 Å². The van der Waals surface area contributed by atoms with E-state index in [1.54, 1.807) is 6.07 Å². The number of amides is 1. The maximum atomic E-state index is 13.1. The molecule has 5 heteroatoms. The van der Waals surface area contributed by atoms with Crippen molar-refractivity contribution in [3.63, 3.8) is 0 Å². The molecule has 18 heavy (non-hydrogen) atoms. The first-order valence-corrected chi connectivity index (χ1v) is 6.98. The van der Waals surface area contributed by atoms with E-state index in [2.05, 4.69) is 12.2 Å². The Labute approximate surface area is 111 Å². The number of rotatable bonds is 6. The molecule has 1 rings (SSSR count). The average Bonchev–Trinajstić information content (AvgIpc) is 2.25. The number of halogens is 1. The predicted octanol–water partition coefficient (Wildman–Crippen LogP) is 2.80. The van der Waals surface area contributed by atoms with Crippen LogP contribution in [-0.4, -0.2) is 17.7 Å².